The molecule has 0 aliphatic carbocycles. The van der Waals surface area contributed by atoms with Gasteiger partial charge >= 0.3 is 0 Å². The predicted molar refractivity (Wildman–Crippen MR) is 67.0 cm³/mol. The van der Waals surface area contributed by atoms with E-state index in [2.05, 4.69) is 0 Å². The molecule has 16 heavy (non-hydrogen) atoms. The Balaban J connectivity index is 3.08. The summed E-state index contributed by atoms with van der Waals surface area (Å²) in [6.07, 6.45) is 0. The van der Waals surface area contributed by atoms with E-state index >= 15 is 0 Å². The highest BCUT2D eigenvalue weighted by Gasteiger charge is 2.19. The van der Waals surface area contributed by atoms with Crippen molar-refractivity contribution in [3.63, 3.8) is 0 Å². The van der Waals surface area contributed by atoms with Gasteiger partial charge in [-0.15, -0.1) is 0 Å². The van der Waals surface area contributed by atoms with Crippen LogP contribution in [0.3, 0.4) is 0 Å². The van der Waals surface area contributed by atoms with E-state index in [1.165, 1.54) is 4.31 Å². The molecule has 0 aliphatic heterocycles. The van der Waals surface area contributed by atoms with Crippen LogP contribution in [0, 0.1) is 6.92 Å². The molecule has 0 atom stereocenters. The Bertz CT molecular complexity index is 426. The summed E-state index contributed by atoms with van der Waals surface area (Å²) in [4.78, 5) is 0. The standard InChI is InChI=1S/C11H18N2O2S/c1-3-16(14,15)13(9-8-12)11-6-4-10(2)5-7-11/h4-7H,3,8-9,12H2,1-2H3. The van der Waals surface area contributed by atoms with E-state index in [0.717, 1.165) is 5.56 Å². The molecule has 5 heteroatoms. The highest BCUT2D eigenvalue weighted by molar-refractivity contribution is 7.92. The van der Waals surface area contributed by atoms with E-state index < -0.39 is 10.0 Å². The van der Waals surface area contributed by atoms with Gasteiger partial charge in [-0.2, -0.15) is 0 Å². The molecule has 0 heterocycles. The first-order valence-electron chi connectivity index (χ1n) is 5.28. The van der Waals surface area contributed by atoms with Gasteiger partial charge in [-0.1, -0.05) is 17.7 Å². The lowest BCUT2D eigenvalue weighted by molar-refractivity contribution is 0.592. The van der Waals surface area contributed by atoms with Crippen LogP contribution < -0.4 is 10.0 Å². The van der Waals surface area contributed by atoms with Crippen LogP contribution in [0.15, 0.2) is 24.3 Å². The lowest BCUT2D eigenvalue weighted by Gasteiger charge is -2.23. The molecule has 1 aromatic carbocycles. The van der Waals surface area contributed by atoms with Gasteiger partial charge in [-0.3, -0.25) is 4.31 Å². The maximum absolute atomic E-state index is 11.8. The molecular weight excluding hydrogens is 224 g/mol. The minimum Gasteiger partial charge on any atom is -0.329 e. The average Bonchev–Trinajstić information content (AvgIpc) is 2.27. The van der Waals surface area contributed by atoms with E-state index in [0.29, 0.717) is 18.8 Å². The third-order valence-corrected chi connectivity index (χ3v) is 4.15. The van der Waals surface area contributed by atoms with E-state index in [-0.39, 0.29) is 5.75 Å². The Hall–Kier alpha value is -1.07. The van der Waals surface area contributed by atoms with Crippen molar-refractivity contribution in [1.82, 2.24) is 0 Å². The zero-order valence-electron chi connectivity index (χ0n) is 9.68. The van der Waals surface area contributed by atoms with Gasteiger partial charge in [-0.05, 0) is 26.0 Å². The first-order chi connectivity index (χ1) is 7.51. The number of hydrogen-bond donors (Lipinski definition) is 1. The minimum atomic E-state index is -3.24. The molecule has 1 rings (SSSR count). The summed E-state index contributed by atoms with van der Waals surface area (Å²) >= 11 is 0. The van der Waals surface area contributed by atoms with Crippen molar-refractivity contribution in [2.24, 2.45) is 5.73 Å². The summed E-state index contributed by atoms with van der Waals surface area (Å²) in [6.45, 7) is 4.23. The largest absolute Gasteiger partial charge is 0.329 e. The van der Waals surface area contributed by atoms with Crippen molar-refractivity contribution in [3.8, 4) is 0 Å². The highest BCUT2D eigenvalue weighted by atomic mass is 32.2. The predicted octanol–water partition coefficient (Wildman–Crippen LogP) is 1.11. The van der Waals surface area contributed by atoms with Gasteiger partial charge in [0.2, 0.25) is 10.0 Å². The minimum absolute atomic E-state index is 0.0842. The second-order valence-corrected chi connectivity index (χ2v) is 5.78. The molecule has 4 nitrogen and oxygen atoms in total. The number of rotatable bonds is 5. The van der Waals surface area contributed by atoms with Crippen LogP contribution in [0.4, 0.5) is 5.69 Å². The molecular formula is C11H18N2O2S. The van der Waals surface area contributed by atoms with E-state index in [4.69, 9.17) is 5.73 Å². The fourth-order valence-electron chi connectivity index (χ4n) is 1.41. The number of sulfonamides is 1. The summed E-state index contributed by atoms with van der Waals surface area (Å²) < 4.78 is 25.1. The van der Waals surface area contributed by atoms with E-state index in [1.807, 2.05) is 19.1 Å². The van der Waals surface area contributed by atoms with Crippen LogP contribution in [0.25, 0.3) is 0 Å². The molecule has 0 aliphatic rings. The van der Waals surface area contributed by atoms with Crippen molar-refractivity contribution >= 4 is 15.7 Å². The number of nitrogens with zero attached hydrogens (tertiary/aromatic N) is 1. The van der Waals surface area contributed by atoms with Gasteiger partial charge in [0.05, 0.1) is 11.4 Å². The molecule has 0 spiro atoms. The average molecular weight is 242 g/mol. The molecule has 0 unspecified atom stereocenters. The fourth-order valence-corrected chi connectivity index (χ4v) is 2.55. The Morgan fingerprint density at radius 3 is 2.25 bits per heavy atom. The van der Waals surface area contributed by atoms with Gasteiger partial charge in [0.25, 0.3) is 0 Å². The highest BCUT2D eigenvalue weighted by Crippen LogP contribution is 2.18. The van der Waals surface area contributed by atoms with Crippen LogP contribution in [0.1, 0.15) is 12.5 Å². The van der Waals surface area contributed by atoms with Crippen molar-refractivity contribution in [3.05, 3.63) is 29.8 Å². The third-order valence-electron chi connectivity index (χ3n) is 2.35. The summed E-state index contributed by atoms with van der Waals surface area (Å²) in [5.41, 5.74) is 7.22. The van der Waals surface area contributed by atoms with Crippen LogP contribution in [-0.4, -0.2) is 27.3 Å². The molecule has 0 fully saturated rings. The first kappa shape index (κ1) is 13.0. The number of nitrogens with two attached hydrogens (primary N) is 1. The van der Waals surface area contributed by atoms with Crippen LogP contribution in [-0.2, 0) is 10.0 Å². The summed E-state index contributed by atoms with van der Waals surface area (Å²) in [6, 6.07) is 7.39. The SMILES string of the molecule is CCS(=O)(=O)N(CCN)c1ccc(C)cc1. The third kappa shape index (κ3) is 2.96. The van der Waals surface area contributed by atoms with Crippen molar-refractivity contribution < 1.29 is 8.42 Å². The number of benzene rings is 1. The molecule has 0 radical (unpaired) electrons. The summed E-state index contributed by atoms with van der Waals surface area (Å²) in [7, 11) is -3.24. The monoisotopic (exact) mass is 242 g/mol. The number of anilines is 1. The van der Waals surface area contributed by atoms with Crippen molar-refractivity contribution in [1.29, 1.82) is 0 Å². The quantitative estimate of drug-likeness (QED) is 0.841. The lowest BCUT2D eigenvalue weighted by atomic mass is 10.2. The molecule has 2 N–H and O–H groups in total. The molecule has 90 valence electrons. The van der Waals surface area contributed by atoms with Crippen LogP contribution in [0.2, 0.25) is 0 Å². The van der Waals surface area contributed by atoms with Gasteiger partial charge in [0, 0.05) is 13.1 Å². The second-order valence-electron chi connectivity index (χ2n) is 3.60. The Kier molecular flexibility index (Phi) is 4.32. The van der Waals surface area contributed by atoms with Gasteiger partial charge in [0.15, 0.2) is 0 Å². The molecule has 1 aromatic rings. The second kappa shape index (κ2) is 5.32. The molecule has 0 saturated carbocycles. The first-order valence-corrected chi connectivity index (χ1v) is 6.89. The molecule has 0 saturated heterocycles. The van der Waals surface area contributed by atoms with Crippen LogP contribution in [0.5, 0.6) is 0 Å². The fraction of sp³-hybridized carbons (Fsp3) is 0.455. The molecule has 0 amide bonds. The maximum Gasteiger partial charge on any atom is 0.234 e. The van der Waals surface area contributed by atoms with E-state index in [1.54, 1.807) is 19.1 Å². The maximum atomic E-state index is 11.8. The Morgan fingerprint density at radius 1 is 1.25 bits per heavy atom. The van der Waals surface area contributed by atoms with Gasteiger partial charge < -0.3 is 5.73 Å². The lowest BCUT2D eigenvalue weighted by Crippen LogP contribution is -2.36. The zero-order valence-corrected chi connectivity index (χ0v) is 10.5. The normalized spacial score (nSPS) is 11.4. The Labute approximate surface area is 97.1 Å². The van der Waals surface area contributed by atoms with Crippen molar-refractivity contribution in [2.75, 3.05) is 23.1 Å². The molecule has 0 aromatic heterocycles. The summed E-state index contributed by atoms with van der Waals surface area (Å²) in [5, 5.41) is 0. The zero-order chi connectivity index (χ0) is 12.2. The summed E-state index contributed by atoms with van der Waals surface area (Å²) in [5.74, 6) is 0.0842. The Morgan fingerprint density at radius 2 is 1.81 bits per heavy atom. The van der Waals surface area contributed by atoms with Gasteiger partial charge in [0.1, 0.15) is 0 Å². The van der Waals surface area contributed by atoms with Gasteiger partial charge in [-0.25, -0.2) is 8.42 Å². The number of hydrogen-bond acceptors (Lipinski definition) is 3. The molecule has 0 bridgehead atoms. The smallest absolute Gasteiger partial charge is 0.234 e. The van der Waals surface area contributed by atoms with Crippen molar-refractivity contribution in [2.45, 2.75) is 13.8 Å². The van der Waals surface area contributed by atoms with Crippen LogP contribution >= 0.6 is 0 Å². The topological polar surface area (TPSA) is 63.4 Å². The number of aryl methyl sites for hydroxylation is 1. The van der Waals surface area contributed by atoms with E-state index in [9.17, 15) is 8.42 Å².